The Bertz CT molecular complexity index is 3120. The number of carbonyl (C=O) groups is 2. The van der Waals surface area contributed by atoms with Crippen LogP contribution in [0.5, 0.6) is 0 Å². The van der Waals surface area contributed by atoms with Crippen LogP contribution in [-0.2, 0) is 75.9 Å². The highest BCUT2D eigenvalue weighted by molar-refractivity contribution is 5.80. The molecule has 107 heavy (non-hydrogen) atoms. The van der Waals surface area contributed by atoms with E-state index in [-0.39, 0.29) is 38.5 Å². The number of ether oxygens (including phenoxy) is 14. The first-order valence-corrected chi connectivity index (χ1v) is 36.7. The summed E-state index contributed by atoms with van der Waals surface area (Å²) >= 11 is 0. The number of hydrogen-bond acceptors (Lipinski definition) is 38. The van der Waals surface area contributed by atoms with Gasteiger partial charge in [0.15, 0.2) is 43.8 Å². The molecule has 0 spiro atoms. The standard InChI is InChI=1S/C69H110O38/c1-24-47(101-54-44(86)36(78)28(75)20-94-54)48(102-60-52(89)68(93,22-73)23-96-60)46(88)56(97-24)103-49-37(79)29(76)21-95-57(49)107-62(92)69-13-12-63(2,3)14-26(69)25-8-9-33-64(4)15-27(74)53(67(7,61(90)91)34(64)10-11-65(33,5)66(25,6)16-35(69)77)106-59-51(43(85)40(82)32(19-72)100-59)105-58-50(42(84)39(81)31(18-71)99-58)104-55-45(87)41(83)38(80)30(17-70)98-55/h8,24,26-60,70-89,93H,9-23H2,1-7H3,(H,90,91)/p-1/t24-,26-,27-,28+,29-,30+,31+,32+,33?,34?,35+,36-,37-,38+,39+,40+,41-,42-,43-,44+,45+,46+,47-,48-,49+,50+,51+,52-,53-,54-,55-,56-,57-,58-,59-,60-,64+,65+,66+,67-,68+,69+/m0/s1. The lowest BCUT2D eigenvalue weighted by atomic mass is 9.33. The molecular formula is C69H109O38-. The minimum Gasteiger partial charge on any atom is -0.549 e. The molecule has 0 amide bonds. The second kappa shape index (κ2) is 31.2. The van der Waals surface area contributed by atoms with E-state index in [1.807, 2.05) is 40.7 Å². The summed E-state index contributed by atoms with van der Waals surface area (Å²) in [5.41, 5.74) is -8.85. The molecule has 7 heterocycles. The Morgan fingerprint density at radius 1 is 0.505 bits per heavy atom. The first-order chi connectivity index (χ1) is 50.2. The Balaban J connectivity index is 0.804. The molecule has 2 unspecified atom stereocenters. The largest absolute Gasteiger partial charge is 0.549 e. The minimum atomic E-state index is -2.23. The van der Waals surface area contributed by atoms with Crippen LogP contribution in [0.1, 0.15) is 99.8 Å². The van der Waals surface area contributed by atoms with E-state index >= 15 is 4.79 Å². The lowest BCUT2D eigenvalue weighted by molar-refractivity contribution is -0.403. The number of rotatable bonds is 19. The molecule has 12 rings (SSSR count). The number of esters is 1. The summed E-state index contributed by atoms with van der Waals surface area (Å²) in [5, 5.41) is 247. The average molecular weight is 1550 g/mol. The maximum absolute atomic E-state index is 15.8. The van der Waals surface area contributed by atoms with Crippen LogP contribution in [0.4, 0.5) is 0 Å². The van der Waals surface area contributed by atoms with Gasteiger partial charge in [-0.3, -0.25) is 4.79 Å². The Kier molecular flexibility index (Phi) is 24.4. The van der Waals surface area contributed by atoms with Gasteiger partial charge in [0, 0.05) is 5.41 Å². The summed E-state index contributed by atoms with van der Waals surface area (Å²) in [4.78, 5) is 30.1. The average Bonchev–Trinajstić information content (AvgIpc) is 0.912. The summed E-state index contributed by atoms with van der Waals surface area (Å²) in [6, 6.07) is 0. The normalized spacial score (nSPS) is 54.9. The molecule has 7 saturated heterocycles. The van der Waals surface area contributed by atoms with E-state index in [2.05, 4.69) is 0 Å². The summed E-state index contributed by atoms with van der Waals surface area (Å²) in [5.74, 6) is -4.87. The molecule has 0 aromatic carbocycles. The smallest absolute Gasteiger partial charge is 0.317 e. The first kappa shape index (κ1) is 83.7. The maximum atomic E-state index is 15.8. The summed E-state index contributed by atoms with van der Waals surface area (Å²) in [7, 11) is 0. The molecule has 38 nitrogen and oxygen atoms in total. The number of fused-ring (bicyclic) bond motifs is 7. The third-order valence-corrected chi connectivity index (χ3v) is 26.8. The highest BCUT2D eigenvalue weighted by atomic mass is 16.8. The van der Waals surface area contributed by atoms with Crippen molar-refractivity contribution in [3.05, 3.63) is 11.6 Å². The second-order valence-corrected chi connectivity index (χ2v) is 33.5. The van der Waals surface area contributed by atoms with Crippen molar-refractivity contribution in [3.63, 3.8) is 0 Å². The van der Waals surface area contributed by atoms with Crippen molar-refractivity contribution in [1.29, 1.82) is 0 Å². The van der Waals surface area contributed by atoms with E-state index < -0.39 is 317 Å². The van der Waals surface area contributed by atoms with E-state index in [0.29, 0.717) is 12.8 Å². The second-order valence-electron chi connectivity index (χ2n) is 33.5. The Labute approximate surface area is 614 Å². The van der Waals surface area contributed by atoms with E-state index in [1.54, 1.807) is 0 Å². The van der Waals surface area contributed by atoms with Crippen LogP contribution in [0.25, 0.3) is 0 Å². The molecule has 0 radical (unpaired) electrons. The van der Waals surface area contributed by atoms with Crippen LogP contribution < -0.4 is 5.11 Å². The maximum Gasteiger partial charge on any atom is 0.317 e. The van der Waals surface area contributed by atoms with Gasteiger partial charge < -0.3 is 183 Å². The highest BCUT2D eigenvalue weighted by Gasteiger charge is 2.74. The molecule has 12 aliphatic rings. The molecular weight excluding hydrogens is 1440 g/mol. The van der Waals surface area contributed by atoms with Gasteiger partial charge in [0.05, 0.1) is 76.6 Å². The van der Waals surface area contributed by atoms with Crippen LogP contribution >= 0.6 is 0 Å². The van der Waals surface area contributed by atoms with Crippen LogP contribution in [0.3, 0.4) is 0 Å². The zero-order valence-electron chi connectivity index (χ0n) is 60.3. The first-order valence-electron chi connectivity index (χ1n) is 36.7. The van der Waals surface area contributed by atoms with Crippen LogP contribution in [0, 0.1) is 50.2 Å². The van der Waals surface area contributed by atoms with Gasteiger partial charge in [0.25, 0.3) is 0 Å². The Morgan fingerprint density at radius 3 is 1.60 bits per heavy atom. The van der Waals surface area contributed by atoms with Crippen molar-refractivity contribution in [3.8, 4) is 0 Å². The molecule has 7 aliphatic heterocycles. The molecule has 11 fully saturated rings. The summed E-state index contributed by atoms with van der Waals surface area (Å²) in [6.45, 7) is 7.06. The lowest BCUT2D eigenvalue weighted by Crippen LogP contribution is -2.72. The number of hydrogen-bond donors (Lipinski definition) is 21. The Hall–Kier alpha value is -2.68. The molecule has 0 aromatic rings. The molecule has 42 atom stereocenters. The van der Waals surface area contributed by atoms with Gasteiger partial charge in [-0.15, -0.1) is 0 Å². The molecule has 21 N–H and O–H groups in total. The van der Waals surface area contributed by atoms with E-state index in [9.17, 15) is 117 Å². The van der Waals surface area contributed by atoms with Gasteiger partial charge in [-0.05, 0) is 97.7 Å². The fraction of sp³-hybridized carbons (Fsp3) is 0.942. The van der Waals surface area contributed by atoms with Crippen molar-refractivity contribution in [2.24, 2.45) is 50.2 Å². The molecule has 5 aliphatic carbocycles. The van der Waals surface area contributed by atoms with E-state index in [0.717, 1.165) is 5.57 Å². The molecule has 4 saturated carbocycles. The van der Waals surface area contributed by atoms with Gasteiger partial charge in [-0.25, -0.2) is 0 Å². The molecule has 0 bridgehead atoms. The number of aliphatic hydroxyl groups is 21. The van der Waals surface area contributed by atoms with Crippen molar-refractivity contribution in [2.45, 2.75) is 308 Å². The fourth-order valence-electron chi connectivity index (χ4n) is 20.2. The van der Waals surface area contributed by atoms with Crippen molar-refractivity contribution < 1.29 is 188 Å². The summed E-state index contributed by atoms with van der Waals surface area (Å²) in [6.07, 6.45) is -57.9. The van der Waals surface area contributed by atoms with E-state index in [4.69, 9.17) is 66.3 Å². The predicted molar refractivity (Wildman–Crippen MR) is 343 cm³/mol. The molecule has 614 valence electrons. The topological polar surface area (TPSA) is 611 Å². The third-order valence-electron chi connectivity index (χ3n) is 26.8. The number of allylic oxidation sites excluding steroid dienone is 2. The van der Waals surface area contributed by atoms with Crippen LogP contribution in [0.2, 0.25) is 0 Å². The van der Waals surface area contributed by atoms with Crippen molar-refractivity contribution >= 4 is 11.9 Å². The monoisotopic (exact) mass is 1550 g/mol. The number of aliphatic carboxylic acids is 1. The SMILES string of the molecule is C[C@@H]1O[C@@H](O[C@H]2[C@H](OC(=O)[C@]34CCC(C)(C)C[C@H]3C3=CCC5[C@@]6(C)C[C@H](O)[C@H](O[C@@H]7O[C@H](CO)[C@@H](O)[C@H](O)[C@H]7O[C@@H]7O[C@H](CO)[C@@H](O)[C@H](O)[C@H]7O[C@@H]7O[C@H](CO)[C@@H](O)[C@H](O)[C@H]7O)[C@@](C)(C(=O)[O-])C6CC[C@@]5(C)[C@]3(C)C[C@H]4O)OC[C@H](O)[C@@H]2O)[C@H](O)[C@H](O[C@@H]2OC[C@](O)(CO)[C@H]2O)[C@H]1O[C@@H]1OC[C@@H](O)[C@H](O)[C@H]1O. The number of carbonyl (C=O) groups excluding carboxylic acids is 2. The zero-order chi connectivity index (χ0) is 78.2. The van der Waals surface area contributed by atoms with Gasteiger partial charge in [0.2, 0.25) is 6.29 Å². The lowest BCUT2D eigenvalue weighted by Gasteiger charge is -2.72. The van der Waals surface area contributed by atoms with Crippen LogP contribution in [-0.4, -0.2) is 374 Å². The van der Waals surface area contributed by atoms with Gasteiger partial charge in [-0.1, -0.05) is 53.2 Å². The minimum absolute atomic E-state index is 0.0569. The summed E-state index contributed by atoms with van der Waals surface area (Å²) < 4.78 is 83.7. The van der Waals surface area contributed by atoms with Gasteiger partial charge >= 0.3 is 5.97 Å². The fourth-order valence-corrected chi connectivity index (χ4v) is 20.2. The Morgan fingerprint density at radius 2 is 1.02 bits per heavy atom. The van der Waals surface area contributed by atoms with Crippen LogP contribution in [0.15, 0.2) is 11.6 Å². The third kappa shape index (κ3) is 14.1. The van der Waals surface area contributed by atoms with E-state index in [1.165, 1.54) is 13.8 Å². The van der Waals surface area contributed by atoms with Gasteiger partial charge in [0.1, 0.15) is 139 Å². The predicted octanol–water partition coefficient (Wildman–Crippen LogP) is -9.94. The molecule has 0 aromatic heterocycles. The van der Waals surface area contributed by atoms with Crippen molar-refractivity contribution in [1.82, 2.24) is 0 Å². The highest BCUT2D eigenvalue weighted by Crippen LogP contribution is 2.76. The number of aliphatic hydroxyl groups excluding tert-OH is 20. The zero-order valence-corrected chi connectivity index (χ0v) is 60.3. The van der Waals surface area contributed by atoms with Gasteiger partial charge in [-0.2, -0.15) is 0 Å². The quantitative estimate of drug-likeness (QED) is 0.0324. The number of carboxylic acids is 1. The molecule has 38 heteroatoms. The number of carboxylic acid groups (broad SMARTS) is 1. The van der Waals surface area contributed by atoms with Crippen molar-refractivity contribution in [2.75, 3.05) is 46.2 Å².